The Morgan fingerprint density at radius 3 is 2.80 bits per heavy atom. The van der Waals surface area contributed by atoms with E-state index in [9.17, 15) is 4.79 Å². The number of hydrogen-bond acceptors (Lipinski definition) is 2. The molecule has 1 fully saturated rings. The van der Waals surface area contributed by atoms with Crippen molar-refractivity contribution in [3.63, 3.8) is 0 Å². The van der Waals surface area contributed by atoms with Crippen LogP contribution in [0.4, 0.5) is 5.82 Å². The molecule has 1 amide bonds. The maximum absolute atomic E-state index is 11.5. The first-order chi connectivity index (χ1) is 7.08. The minimum absolute atomic E-state index is 0.00303. The first kappa shape index (κ1) is 11.2. The fourth-order valence-corrected chi connectivity index (χ4v) is 2.13. The molecule has 15 heavy (non-hydrogen) atoms. The van der Waals surface area contributed by atoms with Crippen molar-refractivity contribution in [3.05, 3.63) is 21.8 Å². The molecule has 3 nitrogen and oxygen atoms in total. The highest BCUT2D eigenvalue weighted by molar-refractivity contribution is 9.10. The van der Waals surface area contributed by atoms with E-state index < -0.39 is 0 Å². The predicted molar refractivity (Wildman–Crippen MR) is 63.6 cm³/mol. The van der Waals surface area contributed by atoms with Crippen LogP contribution in [0.3, 0.4) is 0 Å². The number of halogens is 3. The van der Waals surface area contributed by atoms with Gasteiger partial charge in [-0.25, -0.2) is 4.98 Å². The van der Waals surface area contributed by atoms with Crippen LogP contribution in [-0.4, -0.2) is 22.8 Å². The summed E-state index contributed by atoms with van der Waals surface area (Å²) in [7, 11) is 0. The number of alkyl halides is 1. The van der Waals surface area contributed by atoms with Crippen molar-refractivity contribution in [2.24, 2.45) is 0 Å². The first-order valence-electron chi connectivity index (χ1n) is 4.34. The van der Waals surface area contributed by atoms with E-state index >= 15 is 0 Å². The third-order valence-corrected chi connectivity index (χ3v) is 3.57. The van der Waals surface area contributed by atoms with Crippen LogP contribution in [0.2, 0.25) is 5.02 Å². The van der Waals surface area contributed by atoms with Gasteiger partial charge in [-0.2, -0.15) is 0 Å². The van der Waals surface area contributed by atoms with Crippen molar-refractivity contribution >= 4 is 50.9 Å². The summed E-state index contributed by atoms with van der Waals surface area (Å²) >= 11 is 14.9. The number of hydrogen-bond donors (Lipinski definition) is 0. The normalized spacial score (nSPS) is 21.1. The van der Waals surface area contributed by atoms with Gasteiger partial charge in [0.05, 0.1) is 10.4 Å². The Labute approximate surface area is 106 Å². The number of amides is 1. The maximum Gasteiger partial charge on any atom is 0.229 e. The van der Waals surface area contributed by atoms with Crippen LogP contribution in [0.25, 0.3) is 0 Å². The maximum atomic E-state index is 11.5. The molecular weight excluding hydrogens is 303 g/mol. The number of aromatic nitrogens is 1. The summed E-state index contributed by atoms with van der Waals surface area (Å²) in [4.78, 5) is 17.3. The van der Waals surface area contributed by atoms with Gasteiger partial charge in [-0.15, -0.1) is 11.6 Å². The molecule has 2 rings (SSSR count). The van der Waals surface area contributed by atoms with Crippen LogP contribution >= 0.6 is 39.1 Å². The zero-order valence-electron chi connectivity index (χ0n) is 7.58. The van der Waals surface area contributed by atoms with E-state index in [1.807, 2.05) is 0 Å². The lowest BCUT2D eigenvalue weighted by atomic mass is 10.4. The van der Waals surface area contributed by atoms with E-state index in [2.05, 4.69) is 20.9 Å². The zero-order chi connectivity index (χ0) is 11.0. The standard InChI is InChI=1S/C9H7BrCl2N2O/c10-9-6(12)1-2-7(13-9)14-4-5(11)3-8(14)15/h1-2,5H,3-4H2. The molecule has 0 aromatic carbocycles. The number of anilines is 1. The lowest BCUT2D eigenvalue weighted by Gasteiger charge is -2.14. The predicted octanol–water partition coefficient (Wildman–Crippen LogP) is 2.84. The molecule has 0 spiro atoms. The number of pyridine rings is 1. The minimum Gasteiger partial charge on any atom is -0.295 e. The van der Waals surface area contributed by atoms with Gasteiger partial charge in [0.25, 0.3) is 0 Å². The van der Waals surface area contributed by atoms with Crippen molar-refractivity contribution in [2.45, 2.75) is 11.8 Å². The quantitative estimate of drug-likeness (QED) is 0.590. The molecule has 0 N–H and O–H groups in total. The zero-order valence-corrected chi connectivity index (χ0v) is 10.7. The molecule has 6 heteroatoms. The molecular formula is C9H7BrCl2N2O. The summed E-state index contributed by atoms with van der Waals surface area (Å²) in [5.74, 6) is 0.580. The molecule has 0 bridgehead atoms. The summed E-state index contributed by atoms with van der Waals surface area (Å²) in [6.45, 7) is 0.501. The Morgan fingerprint density at radius 1 is 1.53 bits per heavy atom. The molecule has 1 unspecified atom stereocenters. The number of rotatable bonds is 1. The largest absolute Gasteiger partial charge is 0.295 e. The van der Waals surface area contributed by atoms with E-state index in [0.29, 0.717) is 28.4 Å². The highest BCUT2D eigenvalue weighted by atomic mass is 79.9. The van der Waals surface area contributed by atoms with Gasteiger partial charge in [-0.1, -0.05) is 11.6 Å². The Balaban J connectivity index is 2.30. The fraction of sp³-hybridized carbons (Fsp3) is 0.333. The Bertz CT molecular complexity index is 413. The SMILES string of the molecule is O=C1CC(Cl)CN1c1ccc(Cl)c(Br)n1. The topological polar surface area (TPSA) is 33.2 Å². The van der Waals surface area contributed by atoms with E-state index in [1.165, 1.54) is 0 Å². The molecule has 0 saturated carbocycles. The van der Waals surface area contributed by atoms with Crippen LogP contribution in [0.1, 0.15) is 6.42 Å². The van der Waals surface area contributed by atoms with Gasteiger partial charge in [0, 0.05) is 13.0 Å². The average molecular weight is 310 g/mol. The molecule has 1 atom stereocenters. The van der Waals surface area contributed by atoms with Gasteiger partial charge in [0.2, 0.25) is 5.91 Å². The van der Waals surface area contributed by atoms with Crippen LogP contribution in [-0.2, 0) is 4.79 Å². The minimum atomic E-state index is -0.131. The summed E-state index contributed by atoms with van der Waals surface area (Å²) in [6.07, 6.45) is 0.365. The molecule has 80 valence electrons. The van der Waals surface area contributed by atoms with Crippen LogP contribution < -0.4 is 4.90 Å². The molecule has 1 aromatic heterocycles. The molecule has 1 aliphatic rings. The van der Waals surface area contributed by atoms with Crippen molar-refractivity contribution in [3.8, 4) is 0 Å². The molecule has 1 saturated heterocycles. The van der Waals surface area contributed by atoms with Crippen LogP contribution in [0.5, 0.6) is 0 Å². The second-order valence-electron chi connectivity index (χ2n) is 3.25. The van der Waals surface area contributed by atoms with E-state index in [0.717, 1.165) is 0 Å². The second-order valence-corrected chi connectivity index (χ2v) is 5.02. The summed E-state index contributed by atoms with van der Waals surface area (Å²) in [5, 5.41) is 0.390. The van der Waals surface area contributed by atoms with Gasteiger partial charge in [-0.3, -0.25) is 9.69 Å². The molecule has 0 radical (unpaired) electrons. The summed E-state index contributed by atoms with van der Waals surface area (Å²) in [5.41, 5.74) is 0. The fourth-order valence-electron chi connectivity index (χ4n) is 1.44. The third kappa shape index (κ3) is 2.27. The lowest BCUT2D eigenvalue weighted by molar-refractivity contribution is -0.117. The highest BCUT2D eigenvalue weighted by Crippen LogP contribution is 2.27. The van der Waals surface area contributed by atoms with Crippen LogP contribution in [0.15, 0.2) is 16.7 Å². The second kappa shape index (κ2) is 4.28. The molecule has 1 aromatic rings. The first-order valence-corrected chi connectivity index (χ1v) is 5.95. The van der Waals surface area contributed by atoms with Crippen LogP contribution in [0, 0.1) is 0 Å². The highest BCUT2D eigenvalue weighted by Gasteiger charge is 2.30. The van der Waals surface area contributed by atoms with E-state index in [1.54, 1.807) is 17.0 Å². The number of carbonyl (C=O) groups is 1. The monoisotopic (exact) mass is 308 g/mol. The van der Waals surface area contributed by atoms with E-state index in [-0.39, 0.29) is 11.3 Å². The van der Waals surface area contributed by atoms with Crippen molar-refractivity contribution in [1.29, 1.82) is 0 Å². The molecule has 0 aliphatic carbocycles. The summed E-state index contributed by atoms with van der Waals surface area (Å²) in [6, 6.07) is 3.41. The Hall–Kier alpha value is -0.320. The molecule has 1 aliphatic heterocycles. The van der Waals surface area contributed by atoms with Gasteiger partial charge < -0.3 is 0 Å². The van der Waals surface area contributed by atoms with Gasteiger partial charge in [0.15, 0.2) is 0 Å². The van der Waals surface area contributed by atoms with Crippen molar-refractivity contribution < 1.29 is 4.79 Å². The number of carbonyl (C=O) groups excluding carboxylic acids is 1. The average Bonchev–Trinajstić information content (AvgIpc) is 2.50. The third-order valence-electron chi connectivity index (χ3n) is 2.14. The van der Waals surface area contributed by atoms with Gasteiger partial charge in [0.1, 0.15) is 10.4 Å². The van der Waals surface area contributed by atoms with Gasteiger partial charge >= 0.3 is 0 Å². The summed E-state index contributed by atoms with van der Waals surface area (Å²) < 4.78 is 0.535. The van der Waals surface area contributed by atoms with Crippen molar-refractivity contribution in [2.75, 3.05) is 11.4 Å². The smallest absolute Gasteiger partial charge is 0.229 e. The Morgan fingerprint density at radius 2 is 2.27 bits per heavy atom. The van der Waals surface area contributed by atoms with E-state index in [4.69, 9.17) is 23.2 Å². The lowest BCUT2D eigenvalue weighted by Crippen LogP contribution is -2.25. The number of nitrogens with zero attached hydrogens (tertiary/aromatic N) is 2. The Kier molecular flexibility index (Phi) is 3.19. The van der Waals surface area contributed by atoms with Crippen molar-refractivity contribution in [1.82, 2.24) is 4.98 Å². The van der Waals surface area contributed by atoms with Gasteiger partial charge in [-0.05, 0) is 28.1 Å². The molecule has 2 heterocycles.